The highest BCUT2D eigenvalue weighted by molar-refractivity contribution is 7.98. The van der Waals surface area contributed by atoms with Crippen molar-refractivity contribution in [2.24, 2.45) is 0 Å². The van der Waals surface area contributed by atoms with Gasteiger partial charge in [-0.25, -0.2) is 9.37 Å². The van der Waals surface area contributed by atoms with Crippen LogP contribution in [0.2, 0.25) is 5.02 Å². The number of hydrogen-bond donors (Lipinski definition) is 0. The van der Waals surface area contributed by atoms with Gasteiger partial charge >= 0.3 is 0 Å². The van der Waals surface area contributed by atoms with E-state index in [0.717, 1.165) is 16.5 Å². The molecule has 0 unspecified atom stereocenters. The van der Waals surface area contributed by atoms with Crippen LogP contribution in [0.4, 0.5) is 4.39 Å². The first kappa shape index (κ1) is 21.7. The summed E-state index contributed by atoms with van der Waals surface area (Å²) in [5.74, 6) is 0.110. The quantitative estimate of drug-likeness (QED) is 0.200. The number of thioether (sulfide) groups is 1. The summed E-state index contributed by atoms with van der Waals surface area (Å²) in [5.41, 5.74) is 1.92. The Hall–Kier alpha value is -2.48. The van der Waals surface area contributed by atoms with Crippen molar-refractivity contribution in [3.8, 4) is 0 Å². The number of rotatable bonds is 8. The fraction of sp³-hybridized carbons (Fsp3) is 0.261. The van der Waals surface area contributed by atoms with Crippen LogP contribution in [0.15, 0.2) is 58.6 Å². The molecule has 0 aliphatic rings. The van der Waals surface area contributed by atoms with E-state index < -0.39 is 0 Å². The van der Waals surface area contributed by atoms with E-state index >= 15 is 0 Å². The lowest BCUT2D eigenvalue weighted by Gasteiger charge is -2.14. The molecule has 8 heteroatoms. The molecule has 31 heavy (non-hydrogen) atoms. The lowest BCUT2D eigenvalue weighted by Crippen LogP contribution is -2.24. The van der Waals surface area contributed by atoms with Crippen molar-refractivity contribution in [2.75, 3.05) is 13.2 Å². The SMILES string of the molecule is CCOCCCn1c(SCc2cc(F)cc3cccnc23)nc2cc(Cl)ccc2c1=O. The van der Waals surface area contributed by atoms with Crippen LogP contribution in [0.1, 0.15) is 18.9 Å². The van der Waals surface area contributed by atoms with Gasteiger partial charge in [0, 0.05) is 42.1 Å². The third kappa shape index (κ3) is 4.89. The largest absolute Gasteiger partial charge is 0.382 e. The zero-order chi connectivity index (χ0) is 21.8. The highest BCUT2D eigenvalue weighted by Gasteiger charge is 2.14. The van der Waals surface area contributed by atoms with Crippen molar-refractivity contribution in [3.05, 3.63) is 75.4 Å². The molecule has 160 valence electrons. The smallest absolute Gasteiger partial charge is 0.262 e. The highest BCUT2D eigenvalue weighted by atomic mass is 35.5. The maximum Gasteiger partial charge on any atom is 0.262 e. The number of halogens is 2. The van der Waals surface area contributed by atoms with Crippen molar-refractivity contribution in [1.82, 2.24) is 14.5 Å². The summed E-state index contributed by atoms with van der Waals surface area (Å²) < 4.78 is 21.2. The second-order valence-corrected chi connectivity index (χ2v) is 8.37. The second-order valence-electron chi connectivity index (χ2n) is 6.99. The molecule has 4 aromatic rings. The van der Waals surface area contributed by atoms with E-state index in [1.807, 2.05) is 13.0 Å². The molecule has 4 rings (SSSR count). The Morgan fingerprint density at radius 3 is 2.94 bits per heavy atom. The van der Waals surface area contributed by atoms with Crippen LogP contribution >= 0.6 is 23.4 Å². The molecule has 0 aliphatic carbocycles. The Bertz CT molecular complexity index is 1300. The van der Waals surface area contributed by atoms with Crippen LogP contribution in [0, 0.1) is 5.82 Å². The topological polar surface area (TPSA) is 57.0 Å². The average Bonchev–Trinajstić information content (AvgIpc) is 2.76. The van der Waals surface area contributed by atoms with Gasteiger partial charge in [0.1, 0.15) is 5.82 Å². The summed E-state index contributed by atoms with van der Waals surface area (Å²) in [6.07, 6.45) is 2.38. The fourth-order valence-electron chi connectivity index (χ4n) is 3.43. The third-order valence-electron chi connectivity index (χ3n) is 4.86. The standard InChI is InChI=1S/C23H21ClFN3O2S/c1-2-30-10-4-9-28-22(29)19-7-6-17(24)13-20(19)27-23(28)31-14-16-12-18(25)11-15-5-3-8-26-21(15)16/h3,5-8,11-13H,2,4,9-10,14H2,1H3. The molecule has 2 heterocycles. The van der Waals surface area contributed by atoms with Gasteiger partial charge in [0.25, 0.3) is 5.56 Å². The molecule has 0 spiro atoms. The van der Waals surface area contributed by atoms with E-state index in [1.165, 1.54) is 23.9 Å². The summed E-state index contributed by atoms with van der Waals surface area (Å²) in [6.45, 7) is 3.61. The molecular weight excluding hydrogens is 437 g/mol. The van der Waals surface area contributed by atoms with Gasteiger partial charge in [-0.3, -0.25) is 14.3 Å². The van der Waals surface area contributed by atoms with Crippen LogP contribution in [0.25, 0.3) is 21.8 Å². The van der Waals surface area contributed by atoms with Gasteiger partial charge in [-0.1, -0.05) is 29.4 Å². The molecular formula is C23H21ClFN3O2S. The number of nitrogens with zero attached hydrogens (tertiary/aromatic N) is 3. The average molecular weight is 458 g/mol. The minimum Gasteiger partial charge on any atom is -0.382 e. The van der Waals surface area contributed by atoms with E-state index in [-0.39, 0.29) is 11.4 Å². The molecule has 0 fully saturated rings. The normalized spacial score (nSPS) is 11.5. The number of ether oxygens (including phenoxy) is 1. The molecule has 5 nitrogen and oxygen atoms in total. The Balaban J connectivity index is 1.71. The maximum absolute atomic E-state index is 14.1. The molecule has 0 saturated heterocycles. The van der Waals surface area contributed by atoms with E-state index in [0.29, 0.717) is 53.0 Å². The van der Waals surface area contributed by atoms with Crippen LogP contribution in [-0.4, -0.2) is 27.7 Å². The molecule has 0 amide bonds. The number of aromatic nitrogens is 3. The lowest BCUT2D eigenvalue weighted by molar-refractivity contribution is 0.140. The van der Waals surface area contributed by atoms with Crippen molar-refractivity contribution in [1.29, 1.82) is 0 Å². The number of hydrogen-bond acceptors (Lipinski definition) is 5. The van der Waals surface area contributed by atoms with Crippen molar-refractivity contribution < 1.29 is 9.13 Å². The first-order chi connectivity index (χ1) is 15.1. The minimum absolute atomic E-state index is 0.122. The summed E-state index contributed by atoms with van der Waals surface area (Å²) in [6, 6.07) is 11.6. The second kappa shape index (κ2) is 9.77. The third-order valence-corrected chi connectivity index (χ3v) is 6.12. The van der Waals surface area contributed by atoms with E-state index in [4.69, 9.17) is 21.3 Å². The number of pyridine rings is 1. The number of fused-ring (bicyclic) bond motifs is 2. The van der Waals surface area contributed by atoms with Gasteiger partial charge in [0.2, 0.25) is 0 Å². The van der Waals surface area contributed by atoms with Crippen molar-refractivity contribution >= 4 is 45.2 Å². The summed E-state index contributed by atoms with van der Waals surface area (Å²) in [7, 11) is 0. The van der Waals surface area contributed by atoms with Crippen LogP contribution in [-0.2, 0) is 17.0 Å². The maximum atomic E-state index is 14.1. The fourth-order valence-corrected chi connectivity index (χ4v) is 4.59. The van der Waals surface area contributed by atoms with Crippen LogP contribution < -0.4 is 5.56 Å². The van der Waals surface area contributed by atoms with Crippen LogP contribution in [0.5, 0.6) is 0 Å². The van der Waals surface area contributed by atoms with E-state index in [1.54, 1.807) is 35.0 Å². The zero-order valence-corrected chi connectivity index (χ0v) is 18.5. The molecule has 0 atom stereocenters. The molecule has 0 bridgehead atoms. The molecule has 0 radical (unpaired) electrons. The lowest BCUT2D eigenvalue weighted by atomic mass is 10.1. The molecule has 0 aliphatic heterocycles. The van der Waals surface area contributed by atoms with E-state index in [2.05, 4.69) is 4.98 Å². The Morgan fingerprint density at radius 2 is 2.10 bits per heavy atom. The predicted molar refractivity (Wildman–Crippen MR) is 123 cm³/mol. The first-order valence-electron chi connectivity index (χ1n) is 10.0. The Kier molecular flexibility index (Phi) is 6.85. The van der Waals surface area contributed by atoms with Crippen molar-refractivity contribution in [3.63, 3.8) is 0 Å². The Labute approximate surface area is 188 Å². The highest BCUT2D eigenvalue weighted by Crippen LogP contribution is 2.27. The van der Waals surface area contributed by atoms with Gasteiger partial charge in [-0.05, 0) is 55.3 Å². The summed E-state index contributed by atoms with van der Waals surface area (Å²) in [4.78, 5) is 22.3. The minimum atomic E-state index is -0.316. The number of benzene rings is 2. The van der Waals surface area contributed by atoms with Gasteiger partial charge in [-0.15, -0.1) is 0 Å². The first-order valence-corrected chi connectivity index (χ1v) is 11.4. The molecule has 0 N–H and O–H groups in total. The predicted octanol–water partition coefficient (Wildman–Crippen LogP) is 5.46. The zero-order valence-electron chi connectivity index (χ0n) is 17.0. The van der Waals surface area contributed by atoms with Crippen molar-refractivity contribution in [2.45, 2.75) is 30.8 Å². The van der Waals surface area contributed by atoms with E-state index in [9.17, 15) is 9.18 Å². The molecule has 0 saturated carbocycles. The van der Waals surface area contributed by atoms with Gasteiger partial charge in [0.05, 0.1) is 16.4 Å². The van der Waals surface area contributed by atoms with Crippen LogP contribution in [0.3, 0.4) is 0 Å². The monoisotopic (exact) mass is 457 g/mol. The van der Waals surface area contributed by atoms with Gasteiger partial charge in [0.15, 0.2) is 5.16 Å². The van der Waals surface area contributed by atoms with Gasteiger partial charge < -0.3 is 4.74 Å². The van der Waals surface area contributed by atoms with Gasteiger partial charge in [-0.2, -0.15) is 0 Å². The molecule has 2 aromatic heterocycles. The summed E-state index contributed by atoms with van der Waals surface area (Å²) in [5, 5.41) is 2.34. The summed E-state index contributed by atoms with van der Waals surface area (Å²) >= 11 is 7.50. The molecule has 2 aromatic carbocycles. The Morgan fingerprint density at radius 1 is 1.23 bits per heavy atom.